The Hall–Kier alpha value is -5.32. The topological polar surface area (TPSA) is 145 Å². The number of rotatable bonds is 6. The van der Waals surface area contributed by atoms with Gasteiger partial charge in [0, 0.05) is 18.7 Å². The van der Waals surface area contributed by atoms with Gasteiger partial charge in [0.25, 0.3) is 23.1 Å². The summed E-state index contributed by atoms with van der Waals surface area (Å²) in [5, 5.41) is 21.5. The van der Waals surface area contributed by atoms with Crippen molar-refractivity contribution in [1.29, 1.82) is 0 Å². The number of carbonyl (C=O) groups is 3. The van der Waals surface area contributed by atoms with Gasteiger partial charge in [0.2, 0.25) is 0 Å². The van der Waals surface area contributed by atoms with Gasteiger partial charge in [0.1, 0.15) is 11.3 Å². The Bertz CT molecular complexity index is 1620. The molecule has 0 aliphatic carbocycles. The molecule has 2 amide bonds. The second-order valence-corrected chi connectivity index (χ2v) is 8.48. The number of nitrogens with zero attached hydrogens (tertiary/aromatic N) is 4. The molecule has 0 fully saturated rings. The quantitative estimate of drug-likeness (QED) is 0.233. The van der Waals surface area contributed by atoms with Crippen molar-refractivity contribution in [1.82, 2.24) is 9.36 Å². The third-order valence-electron chi connectivity index (χ3n) is 6.14. The summed E-state index contributed by atoms with van der Waals surface area (Å²) in [6.07, 6.45) is 0. The van der Waals surface area contributed by atoms with Gasteiger partial charge in [-0.1, -0.05) is 42.0 Å². The molecule has 0 unspecified atom stereocenters. The van der Waals surface area contributed by atoms with Crippen LogP contribution >= 0.6 is 0 Å². The lowest BCUT2D eigenvalue weighted by atomic mass is 10.0. The van der Waals surface area contributed by atoms with Crippen LogP contribution in [0, 0.1) is 24.0 Å². The maximum Gasteiger partial charge on any atom is 0.336 e. The highest BCUT2D eigenvalue weighted by molar-refractivity contribution is 6.28. The average molecular weight is 514 g/mol. The second-order valence-electron chi connectivity index (χ2n) is 8.48. The van der Waals surface area contributed by atoms with E-state index in [1.807, 2.05) is 0 Å². The predicted molar refractivity (Wildman–Crippen MR) is 138 cm³/mol. The molecule has 1 N–H and O–H groups in total. The SMILES string of the molecule is Cc1ccc(C(=O)N(C(=O)c2c(C(=O)O)cccc2[N+](=O)[O-])c2c(C)n(C)n(-c3ccccc3)c2=O)cc1. The maximum atomic E-state index is 14.0. The molecule has 3 aromatic carbocycles. The van der Waals surface area contributed by atoms with Crippen molar-refractivity contribution < 1.29 is 24.4 Å². The van der Waals surface area contributed by atoms with E-state index in [-0.39, 0.29) is 16.9 Å². The molecule has 0 aliphatic heterocycles. The molecule has 0 bridgehead atoms. The minimum absolute atomic E-state index is 0.0216. The van der Waals surface area contributed by atoms with Gasteiger partial charge in [-0.25, -0.2) is 14.4 Å². The Morgan fingerprint density at radius 2 is 1.53 bits per heavy atom. The third kappa shape index (κ3) is 4.37. The number of aromatic nitrogens is 2. The van der Waals surface area contributed by atoms with Crippen LogP contribution in [0.25, 0.3) is 5.69 Å². The Kier molecular flexibility index (Phi) is 6.76. The molecule has 4 rings (SSSR count). The summed E-state index contributed by atoms with van der Waals surface area (Å²) < 4.78 is 2.68. The van der Waals surface area contributed by atoms with Crippen molar-refractivity contribution in [2.24, 2.45) is 7.05 Å². The number of carbonyl (C=O) groups excluding carboxylic acids is 2. The minimum atomic E-state index is -1.61. The summed E-state index contributed by atoms with van der Waals surface area (Å²) in [5.74, 6) is -3.87. The molecular formula is C27H22N4O7. The van der Waals surface area contributed by atoms with Crippen molar-refractivity contribution in [3.05, 3.63) is 121 Å². The normalized spacial score (nSPS) is 10.7. The van der Waals surface area contributed by atoms with E-state index in [1.54, 1.807) is 56.4 Å². The number of hydrogen-bond acceptors (Lipinski definition) is 6. The first-order chi connectivity index (χ1) is 18.0. The van der Waals surface area contributed by atoms with Gasteiger partial charge in [-0.3, -0.25) is 29.2 Å². The Labute approximate surface area is 215 Å². The molecule has 11 nitrogen and oxygen atoms in total. The zero-order chi connectivity index (χ0) is 27.7. The number of imide groups is 1. The Balaban J connectivity index is 2.04. The van der Waals surface area contributed by atoms with Gasteiger partial charge in [0.15, 0.2) is 0 Å². The summed E-state index contributed by atoms with van der Waals surface area (Å²) in [6.45, 7) is 3.31. The van der Waals surface area contributed by atoms with Crippen LogP contribution in [0.3, 0.4) is 0 Å². The fourth-order valence-electron chi connectivity index (χ4n) is 4.14. The molecule has 1 heterocycles. The standard InChI is InChI=1S/C27H22N4O7/c1-16-12-14-18(15-13-16)24(32)29(25(33)22-20(27(35)36)10-7-11-21(22)31(37)38)23-17(2)28(3)30(26(23)34)19-8-5-4-6-9-19/h4-15H,1-3H3,(H,35,36). The van der Waals surface area contributed by atoms with Crippen molar-refractivity contribution in [2.75, 3.05) is 4.90 Å². The summed E-state index contributed by atoms with van der Waals surface area (Å²) >= 11 is 0. The fourth-order valence-corrected chi connectivity index (χ4v) is 4.14. The lowest BCUT2D eigenvalue weighted by molar-refractivity contribution is -0.385. The molecule has 1 aromatic heterocycles. The number of anilines is 1. The van der Waals surface area contributed by atoms with Crippen LogP contribution in [0.5, 0.6) is 0 Å². The van der Waals surface area contributed by atoms with Crippen LogP contribution in [0.4, 0.5) is 11.4 Å². The van der Waals surface area contributed by atoms with E-state index in [1.165, 1.54) is 28.4 Å². The van der Waals surface area contributed by atoms with Gasteiger partial charge in [0.05, 0.1) is 21.9 Å². The number of hydrogen-bond donors (Lipinski definition) is 1. The molecule has 11 heteroatoms. The summed E-state index contributed by atoms with van der Waals surface area (Å²) in [5.41, 5.74) is -1.93. The monoisotopic (exact) mass is 514 g/mol. The van der Waals surface area contributed by atoms with Gasteiger partial charge >= 0.3 is 5.97 Å². The highest BCUT2D eigenvalue weighted by atomic mass is 16.6. The van der Waals surface area contributed by atoms with Gasteiger partial charge in [-0.15, -0.1) is 0 Å². The van der Waals surface area contributed by atoms with Crippen molar-refractivity contribution >= 4 is 29.2 Å². The second kappa shape index (κ2) is 9.97. The highest BCUT2D eigenvalue weighted by Gasteiger charge is 2.38. The van der Waals surface area contributed by atoms with E-state index in [0.29, 0.717) is 10.6 Å². The lowest BCUT2D eigenvalue weighted by Crippen LogP contribution is -2.41. The molecular weight excluding hydrogens is 492 g/mol. The molecule has 0 spiro atoms. The first kappa shape index (κ1) is 25.8. The zero-order valence-corrected chi connectivity index (χ0v) is 20.6. The molecule has 0 saturated heterocycles. The summed E-state index contributed by atoms with van der Waals surface area (Å²) in [6, 6.07) is 17.7. The van der Waals surface area contributed by atoms with E-state index in [4.69, 9.17) is 0 Å². The highest BCUT2D eigenvalue weighted by Crippen LogP contribution is 2.29. The number of amides is 2. The van der Waals surface area contributed by atoms with Gasteiger partial charge in [-0.05, 0) is 44.2 Å². The average Bonchev–Trinajstić information content (AvgIpc) is 3.12. The Morgan fingerprint density at radius 3 is 2.11 bits per heavy atom. The van der Waals surface area contributed by atoms with E-state index in [9.17, 15) is 34.4 Å². The predicted octanol–water partition coefficient (Wildman–Crippen LogP) is 3.89. The van der Waals surface area contributed by atoms with Crippen LogP contribution in [-0.4, -0.2) is 37.2 Å². The molecule has 0 radical (unpaired) electrons. The van der Waals surface area contributed by atoms with Gasteiger partial charge in [-0.2, -0.15) is 0 Å². The number of nitro groups is 1. The van der Waals surface area contributed by atoms with Crippen molar-refractivity contribution in [3.8, 4) is 5.69 Å². The summed E-state index contributed by atoms with van der Waals surface area (Å²) in [7, 11) is 1.56. The lowest BCUT2D eigenvalue weighted by Gasteiger charge is -2.21. The van der Waals surface area contributed by atoms with E-state index in [0.717, 1.165) is 23.8 Å². The van der Waals surface area contributed by atoms with Crippen molar-refractivity contribution in [2.45, 2.75) is 13.8 Å². The van der Waals surface area contributed by atoms with E-state index < -0.39 is 45.1 Å². The molecule has 38 heavy (non-hydrogen) atoms. The molecule has 0 saturated carbocycles. The van der Waals surface area contributed by atoms with E-state index in [2.05, 4.69) is 0 Å². The number of nitro benzene ring substituents is 1. The van der Waals surface area contributed by atoms with E-state index >= 15 is 0 Å². The molecule has 0 atom stereocenters. The number of carboxylic acids is 1. The Morgan fingerprint density at radius 1 is 0.895 bits per heavy atom. The number of para-hydroxylation sites is 1. The zero-order valence-electron chi connectivity index (χ0n) is 20.6. The van der Waals surface area contributed by atoms with Crippen LogP contribution in [0.1, 0.15) is 42.3 Å². The van der Waals surface area contributed by atoms with Crippen LogP contribution in [0.15, 0.2) is 77.6 Å². The molecule has 0 aliphatic rings. The first-order valence-corrected chi connectivity index (χ1v) is 11.3. The fraction of sp³-hybridized carbons (Fsp3) is 0.111. The first-order valence-electron chi connectivity index (χ1n) is 11.3. The van der Waals surface area contributed by atoms with Crippen LogP contribution in [0.2, 0.25) is 0 Å². The van der Waals surface area contributed by atoms with Crippen LogP contribution < -0.4 is 10.5 Å². The van der Waals surface area contributed by atoms with Crippen LogP contribution in [-0.2, 0) is 7.05 Å². The third-order valence-corrected chi connectivity index (χ3v) is 6.14. The largest absolute Gasteiger partial charge is 0.478 e. The summed E-state index contributed by atoms with van der Waals surface area (Å²) in [4.78, 5) is 65.0. The number of aromatic carboxylic acids is 1. The molecule has 4 aromatic rings. The van der Waals surface area contributed by atoms with Crippen molar-refractivity contribution in [3.63, 3.8) is 0 Å². The maximum absolute atomic E-state index is 14.0. The number of aryl methyl sites for hydroxylation is 1. The number of benzene rings is 3. The minimum Gasteiger partial charge on any atom is -0.478 e. The smallest absolute Gasteiger partial charge is 0.336 e. The van der Waals surface area contributed by atoms with Gasteiger partial charge < -0.3 is 5.11 Å². The molecule has 192 valence electrons. The number of carboxylic acid groups (broad SMARTS) is 1.